The summed E-state index contributed by atoms with van der Waals surface area (Å²) < 4.78 is 62.6. The van der Waals surface area contributed by atoms with Crippen LogP contribution in [0.3, 0.4) is 0 Å². The molecule has 0 atom stereocenters. The van der Waals surface area contributed by atoms with Gasteiger partial charge in [-0.25, -0.2) is 17.8 Å². The highest BCUT2D eigenvalue weighted by atomic mass is 19.2. The molecule has 1 saturated carbocycles. The second-order valence-corrected chi connectivity index (χ2v) is 5.63. The van der Waals surface area contributed by atoms with Gasteiger partial charge < -0.3 is 14.0 Å². The van der Waals surface area contributed by atoms with Crippen LogP contribution in [-0.4, -0.2) is 25.1 Å². The Hall–Kier alpha value is -2.52. The third kappa shape index (κ3) is 2.85. The van der Waals surface area contributed by atoms with Crippen LogP contribution in [0, 0.1) is 11.6 Å². The number of pyridine rings is 1. The first-order chi connectivity index (χ1) is 11.8. The summed E-state index contributed by atoms with van der Waals surface area (Å²) in [4.78, 5) is 24.3. The summed E-state index contributed by atoms with van der Waals surface area (Å²) in [7, 11) is -2.29. The van der Waals surface area contributed by atoms with Crippen molar-refractivity contribution >= 4 is 24.3 Å². The van der Waals surface area contributed by atoms with E-state index >= 15 is 0 Å². The van der Waals surface area contributed by atoms with E-state index in [1.807, 2.05) is 0 Å². The van der Waals surface area contributed by atoms with E-state index in [0.29, 0.717) is 18.9 Å². The van der Waals surface area contributed by atoms with Gasteiger partial charge >= 0.3 is 13.4 Å². The van der Waals surface area contributed by atoms with Gasteiger partial charge in [0.2, 0.25) is 11.2 Å². The Balaban J connectivity index is 2.35. The third-order valence-corrected chi connectivity index (χ3v) is 4.25. The lowest BCUT2D eigenvalue weighted by Crippen LogP contribution is -2.27. The zero-order chi connectivity index (χ0) is 18.3. The summed E-state index contributed by atoms with van der Waals surface area (Å²) in [6.45, 7) is 0. The van der Waals surface area contributed by atoms with Gasteiger partial charge in [0.1, 0.15) is 5.56 Å². The number of ether oxygens (including phenoxy) is 1. The first kappa shape index (κ1) is 17.3. The minimum absolute atomic E-state index is 0.0234. The summed E-state index contributed by atoms with van der Waals surface area (Å²) >= 11 is 0. The highest BCUT2D eigenvalue weighted by Gasteiger charge is 2.30. The van der Waals surface area contributed by atoms with Crippen LogP contribution in [0.5, 0.6) is 5.75 Å². The minimum Gasteiger partial charge on any atom is -0.491 e. The van der Waals surface area contributed by atoms with Crippen molar-refractivity contribution in [3.8, 4) is 5.75 Å². The van der Waals surface area contributed by atoms with Crippen molar-refractivity contribution in [2.75, 3.05) is 7.11 Å². The first-order valence-electron chi connectivity index (χ1n) is 7.45. The minimum atomic E-state index is -3.40. The lowest BCUT2D eigenvalue weighted by atomic mass is 9.92. The van der Waals surface area contributed by atoms with Gasteiger partial charge in [-0.15, -0.1) is 0 Å². The average Bonchev–Trinajstić information content (AvgIpc) is 2.49. The Labute approximate surface area is 139 Å². The molecule has 1 fully saturated rings. The Morgan fingerprint density at radius 1 is 1.32 bits per heavy atom. The predicted molar refractivity (Wildman–Crippen MR) is 80.9 cm³/mol. The highest BCUT2D eigenvalue weighted by Crippen LogP contribution is 2.38. The summed E-state index contributed by atoms with van der Waals surface area (Å²) in [5.74, 6) is -4.63. The van der Waals surface area contributed by atoms with E-state index in [4.69, 9.17) is 4.74 Å². The molecule has 25 heavy (non-hydrogen) atoms. The number of carbonyl (C=O) groups is 1. The maximum Gasteiger partial charge on any atom is 0.798 e. The summed E-state index contributed by atoms with van der Waals surface area (Å²) in [5.41, 5.74) is -1.73. The Kier molecular flexibility index (Phi) is 4.44. The van der Waals surface area contributed by atoms with Gasteiger partial charge in [-0.2, -0.15) is 4.39 Å². The van der Waals surface area contributed by atoms with Crippen LogP contribution < -0.4 is 10.2 Å². The second kappa shape index (κ2) is 6.42. The van der Waals surface area contributed by atoms with Crippen LogP contribution in [0.2, 0.25) is 0 Å². The van der Waals surface area contributed by atoms with Crippen LogP contribution in [-0.2, 0) is 4.65 Å². The number of halogens is 4. The first-order valence-corrected chi connectivity index (χ1v) is 7.45. The highest BCUT2D eigenvalue weighted by molar-refractivity contribution is 6.38. The molecule has 1 aromatic carbocycles. The second-order valence-electron chi connectivity index (χ2n) is 5.63. The molecule has 1 aliphatic carbocycles. The van der Waals surface area contributed by atoms with Crippen molar-refractivity contribution in [1.82, 2.24) is 4.57 Å². The molecule has 1 aliphatic rings. The molecule has 0 saturated heterocycles. The topological polar surface area (TPSA) is 57.5 Å². The smallest absolute Gasteiger partial charge is 0.491 e. The molecule has 3 rings (SSSR count). The van der Waals surface area contributed by atoms with Crippen LogP contribution in [0.25, 0.3) is 10.9 Å². The molecule has 0 bridgehead atoms. The molecule has 0 radical (unpaired) electrons. The molecule has 0 N–H and O–H groups in total. The van der Waals surface area contributed by atoms with Gasteiger partial charge in [0, 0.05) is 12.2 Å². The number of methoxy groups -OCH3 is 1. The average molecular weight is 357 g/mol. The zero-order valence-electron chi connectivity index (χ0n) is 13.0. The Morgan fingerprint density at radius 2 is 2.00 bits per heavy atom. The molecule has 2 aromatic rings. The van der Waals surface area contributed by atoms with Crippen LogP contribution >= 0.6 is 0 Å². The SMILES string of the molecule is COc1c(F)c(F)cc2c(=O)c(C(=O)OB(F)F)cn(C3CCC3)c12. The van der Waals surface area contributed by atoms with Gasteiger partial charge in [0.25, 0.3) is 0 Å². The predicted octanol–water partition coefficient (Wildman–Crippen LogP) is 3.09. The lowest BCUT2D eigenvalue weighted by Gasteiger charge is -2.30. The number of hydrogen-bond acceptors (Lipinski definition) is 4. The van der Waals surface area contributed by atoms with E-state index in [-0.39, 0.29) is 16.9 Å². The maximum absolute atomic E-state index is 14.1. The van der Waals surface area contributed by atoms with Crippen molar-refractivity contribution < 1.29 is 31.6 Å². The molecule has 0 aliphatic heterocycles. The standard InChI is InChI=1S/C15H12BF4NO4/c1-24-14-11(18)10(17)5-8-12(14)21(7-3-2-4-7)6-9(13(8)22)15(23)25-16(19)20/h5-7H,2-4H2,1H3. The Bertz CT molecular complexity index is 911. The van der Waals surface area contributed by atoms with Crippen LogP contribution in [0.1, 0.15) is 35.7 Å². The molecule has 0 amide bonds. The van der Waals surface area contributed by atoms with Gasteiger partial charge in [0.05, 0.1) is 18.0 Å². The molecular weight excluding hydrogens is 345 g/mol. The van der Waals surface area contributed by atoms with E-state index in [0.717, 1.165) is 19.7 Å². The van der Waals surface area contributed by atoms with Gasteiger partial charge in [-0.05, 0) is 25.3 Å². The molecule has 10 heteroatoms. The summed E-state index contributed by atoms with van der Waals surface area (Å²) in [6, 6.07) is 0.434. The van der Waals surface area contributed by atoms with Gasteiger partial charge in [0.15, 0.2) is 11.6 Å². The van der Waals surface area contributed by atoms with Crippen LogP contribution in [0.4, 0.5) is 17.4 Å². The van der Waals surface area contributed by atoms with E-state index in [9.17, 15) is 27.0 Å². The monoisotopic (exact) mass is 357 g/mol. The van der Waals surface area contributed by atoms with Gasteiger partial charge in [-0.1, -0.05) is 0 Å². The number of rotatable bonds is 4. The van der Waals surface area contributed by atoms with E-state index in [1.165, 1.54) is 4.57 Å². The molecule has 5 nitrogen and oxygen atoms in total. The van der Waals surface area contributed by atoms with Crippen LogP contribution in [0.15, 0.2) is 17.1 Å². The molecule has 132 valence electrons. The summed E-state index contributed by atoms with van der Waals surface area (Å²) in [6.07, 6.45) is 3.24. The van der Waals surface area contributed by atoms with Crippen molar-refractivity contribution in [1.29, 1.82) is 0 Å². The molecule has 0 spiro atoms. The fraction of sp³-hybridized carbons (Fsp3) is 0.333. The van der Waals surface area contributed by atoms with Crippen molar-refractivity contribution in [2.24, 2.45) is 0 Å². The molecule has 0 unspecified atom stereocenters. The normalized spacial score (nSPS) is 14.3. The van der Waals surface area contributed by atoms with E-state index < -0.39 is 41.8 Å². The number of nitrogens with zero attached hydrogens (tertiary/aromatic N) is 1. The van der Waals surface area contributed by atoms with Crippen molar-refractivity contribution in [2.45, 2.75) is 25.3 Å². The molecule has 1 heterocycles. The van der Waals surface area contributed by atoms with Crippen molar-refractivity contribution in [3.05, 3.63) is 39.7 Å². The zero-order valence-corrected chi connectivity index (χ0v) is 13.0. The fourth-order valence-corrected chi connectivity index (χ4v) is 2.86. The lowest BCUT2D eigenvalue weighted by molar-refractivity contribution is 0.0692. The quantitative estimate of drug-likeness (QED) is 0.623. The van der Waals surface area contributed by atoms with E-state index in [2.05, 4.69) is 4.65 Å². The number of aromatic nitrogens is 1. The number of carbonyl (C=O) groups excluding carboxylic acids is 1. The fourth-order valence-electron chi connectivity index (χ4n) is 2.86. The molecule has 1 aromatic heterocycles. The van der Waals surface area contributed by atoms with E-state index in [1.54, 1.807) is 0 Å². The summed E-state index contributed by atoms with van der Waals surface area (Å²) in [5, 5.41) is -0.341. The third-order valence-electron chi connectivity index (χ3n) is 4.25. The van der Waals surface area contributed by atoms with Crippen molar-refractivity contribution in [3.63, 3.8) is 0 Å². The molecular formula is C15H12BF4NO4. The number of hydrogen-bond donors (Lipinski definition) is 0. The number of benzene rings is 1. The maximum atomic E-state index is 14.1. The number of fused-ring (bicyclic) bond motifs is 1. The van der Waals surface area contributed by atoms with Gasteiger partial charge in [-0.3, -0.25) is 4.79 Å². The Morgan fingerprint density at radius 3 is 2.52 bits per heavy atom. The largest absolute Gasteiger partial charge is 0.798 e.